The van der Waals surface area contributed by atoms with Gasteiger partial charge in [0.15, 0.2) is 0 Å². The second-order valence-electron chi connectivity index (χ2n) is 5.36. The average molecular weight is 262 g/mol. The molecule has 0 radical (unpaired) electrons. The summed E-state index contributed by atoms with van der Waals surface area (Å²) in [5.74, 6) is 0. The molecule has 0 aromatic heterocycles. The van der Waals surface area contributed by atoms with E-state index in [0.717, 1.165) is 25.9 Å². The van der Waals surface area contributed by atoms with Crippen LogP contribution in [0.25, 0.3) is 0 Å². The van der Waals surface area contributed by atoms with Crippen molar-refractivity contribution in [2.24, 2.45) is 0 Å². The van der Waals surface area contributed by atoms with Gasteiger partial charge in [0.25, 0.3) is 0 Å². The Morgan fingerprint density at radius 1 is 1.21 bits per heavy atom. The van der Waals surface area contributed by atoms with Crippen molar-refractivity contribution in [2.45, 2.75) is 25.9 Å². The number of ether oxygens (including phenoxy) is 1. The predicted molar refractivity (Wildman–Crippen MR) is 79.6 cm³/mol. The van der Waals surface area contributed by atoms with Crippen LogP contribution < -0.4 is 5.32 Å². The van der Waals surface area contributed by atoms with E-state index in [0.29, 0.717) is 6.10 Å². The number of methoxy groups -OCH3 is 1. The Hall–Kier alpha value is -0.900. The van der Waals surface area contributed by atoms with E-state index in [1.54, 1.807) is 7.11 Å². The summed E-state index contributed by atoms with van der Waals surface area (Å²) < 4.78 is 5.38. The highest BCUT2D eigenvalue weighted by molar-refractivity contribution is 5.28. The van der Waals surface area contributed by atoms with Gasteiger partial charge in [0, 0.05) is 39.8 Å². The molecule has 0 aliphatic carbocycles. The van der Waals surface area contributed by atoms with Gasteiger partial charge in [0.2, 0.25) is 0 Å². The summed E-state index contributed by atoms with van der Waals surface area (Å²) in [6.07, 6.45) is 2.45. The Balaban J connectivity index is 1.91. The first kappa shape index (κ1) is 14.5. The molecule has 1 fully saturated rings. The van der Waals surface area contributed by atoms with Gasteiger partial charge < -0.3 is 15.0 Å². The molecule has 1 aliphatic rings. The molecule has 1 N–H and O–H groups in total. The molecule has 1 aliphatic heterocycles. The number of rotatable bonds is 6. The van der Waals surface area contributed by atoms with E-state index in [1.807, 2.05) is 0 Å². The monoisotopic (exact) mass is 262 g/mol. The predicted octanol–water partition coefficient (Wildman–Crippen LogP) is 1.71. The lowest BCUT2D eigenvalue weighted by Crippen LogP contribution is -2.44. The van der Waals surface area contributed by atoms with Crippen molar-refractivity contribution in [3.8, 4) is 0 Å². The second kappa shape index (κ2) is 7.63. The molecule has 0 amide bonds. The van der Waals surface area contributed by atoms with Crippen LogP contribution in [-0.2, 0) is 17.6 Å². The van der Waals surface area contributed by atoms with E-state index in [9.17, 15) is 0 Å². The molecule has 0 bridgehead atoms. The number of hydrogen-bond donors (Lipinski definition) is 1. The van der Waals surface area contributed by atoms with Crippen LogP contribution in [-0.4, -0.2) is 50.8 Å². The molecule has 1 unspecified atom stereocenters. The van der Waals surface area contributed by atoms with Crippen LogP contribution in [0.1, 0.15) is 18.1 Å². The van der Waals surface area contributed by atoms with E-state index in [1.165, 1.54) is 30.8 Å². The fourth-order valence-electron chi connectivity index (χ4n) is 2.61. The van der Waals surface area contributed by atoms with Crippen molar-refractivity contribution in [2.75, 3.05) is 39.8 Å². The van der Waals surface area contributed by atoms with Crippen LogP contribution in [0, 0.1) is 0 Å². The number of hydrogen-bond acceptors (Lipinski definition) is 3. The largest absolute Gasteiger partial charge is 0.381 e. The minimum Gasteiger partial charge on any atom is -0.381 e. The maximum absolute atomic E-state index is 5.38. The summed E-state index contributed by atoms with van der Waals surface area (Å²) in [6, 6.07) is 8.78. The lowest BCUT2D eigenvalue weighted by Gasteiger charge is -2.27. The summed E-state index contributed by atoms with van der Waals surface area (Å²) in [5.41, 5.74) is 2.91. The van der Waals surface area contributed by atoms with Crippen LogP contribution >= 0.6 is 0 Å². The molecule has 2 rings (SSSR count). The normalized spacial score (nSPS) is 18.4. The minimum atomic E-state index is 0.292. The van der Waals surface area contributed by atoms with Crippen LogP contribution in [0.2, 0.25) is 0 Å². The van der Waals surface area contributed by atoms with Crippen molar-refractivity contribution >= 4 is 0 Å². The molecule has 3 heteroatoms. The summed E-state index contributed by atoms with van der Waals surface area (Å²) in [5, 5.41) is 3.40. The third-order valence-corrected chi connectivity index (χ3v) is 3.94. The molecule has 1 atom stereocenters. The summed E-state index contributed by atoms with van der Waals surface area (Å²) in [4.78, 5) is 2.55. The van der Waals surface area contributed by atoms with Gasteiger partial charge in [-0.15, -0.1) is 0 Å². The zero-order valence-electron chi connectivity index (χ0n) is 12.2. The zero-order chi connectivity index (χ0) is 13.5. The number of piperazine rings is 1. The van der Waals surface area contributed by atoms with Gasteiger partial charge in [-0.05, 0) is 30.9 Å². The van der Waals surface area contributed by atoms with Crippen molar-refractivity contribution in [1.82, 2.24) is 10.2 Å². The fourth-order valence-corrected chi connectivity index (χ4v) is 2.61. The third-order valence-electron chi connectivity index (χ3n) is 3.94. The molecule has 19 heavy (non-hydrogen) atoms. The Morgan fingerprint density at radius 2 is 1.89 bits per heavy atom. The molecule has 1 aromatic carbocycles. The summed E-state index contributed by atoms with van der Waals surface area (Å²) >= 11 is 0. The highest BCUT2D eigenvalue weighted by Crippen LogP contribution is 2.13. The Kier molecular flexibility index (Phi) is 5.83. The first-order valence-corrected chi connectivity index (χ1v) is 7.32. The first-order chi connectivity index (χ1) is 9.29. The quantitative estimate of drug-likeness (QED) is 0.845. The van der Waals surface area contributed by atoms with E-state index >= 15 is 0 Å². The fraction of sp³-hybridized carbons (Fsp3) is 0.625. The summed E-state index contributed by atoms with van der Waals surface area (Å²) in [6.45, 7) is 7.91. The van der Waals surface area contributed by atoms with E-state index in [2.05, 4.69) is 41.4 Å². The Labute approximate surface area is 116 Å². The van der Waals surface area contributed by atoms with Crippen LogP contribution in [0.3, 0.4) is 0 Å². The molecule has 106 valence electrons. The van der Waals surface area contributed by atoms with Gasteiger partial charge in [0.05, 0.1) is 6.10 Å². The summed E-state index contributed by atoms with van der Waals surface area (Å²) in [7, 11) is 1.79. The maximum atomic E-state index is 5.38. The van der Waals surface area contributed by atoms with Gasteiger partial charge >= 0.3 is 0 Å². The topological polar surface area (TPSA) is 24.5 Å². The molecule has 1 aromatic rings. The van der Waals surface area contributed by atoms with Gasteiger partial charge in [-0.25, -0.2) is 0 Å². The maximum Gasteiger partial charge on any atom is 0.0583 e. The highest BCUT2D eigenvalue weighted by atomic mass is 16.5. The molecular weight excluding hydrogens is 236 g/mol. The second-order valence-corrected chi connectivity index (χ2v) is 5.36. The lowest BCUT2D eigenvalue weighted by molar-refractivity contribution is 0.118. The minimum absolute atomic E-state index is 0.292. The standard InChI is InChI=1S/C16H26N2O/c1-14(19-2)13-16-6-4-3-5-15(16)7-10-18-11-8-17-9-12-18/h3-6,14,17H,7-13H2,1-2H3. The van der Waals surface area contributed by atoms with Crippen molar-refractivity contribution in [1.29, 1.82) is 0 Å². The van der Waals surface area contributed by atoms with Gasteiger partial charge in [-0.3, -0.25) is 0 Å². The lowest BCUT2D eigenvalue weighted by atomic mass is 9.99. The van der Waals surface area contributed by atoms with Gasteiger partial charge in [-0.2, -0.15) is 0 Å². The van der Waals surface area contributed by atoms with Crippen molar-refractivity contribution in [3.63, 3.8) is 0 Å². The van der Waals surface area contributed by atoms with E-state index in [4.69, 9.17) is 4.74 Å². The molecule has 3 nitrogen and oxygen atoms in total. The Bertz CT molecular complexity index is 375. The molecule has 1 heterocycles. The first-order valence-electron chi connectivity index (χ1n) is 7.32. The number of nitrogens with one attached hydrogen (secondary N) is 1. The molecule has 0 saturated carbocycles. The van der Waals surface area contributed by atoms with Gasteiger partial charge in [-0.1, -0.05) is 24.3 Å². The van der Waals surface area contributed by atoms with Crippen LogP contribution in [0.15, 0.2) is 24.3 Å². The van der Waals surface area contributed by atoms with Crippen molar-refractivity contribution < 1.29 is 4.74 Å². The van der Waals surface area contributed by atoms with E-state index < -0.39 is 0 Å². The number of benzene rings is 1. The SMILES string of the molecule is COC(C)Cc1ccccc1CCN1CCNCC1. The average Bonchev–Trinajstić information content (AvgIpc) is 2.47. The highest BCUT2D eigenvalue weighted by Gasteiger charge is 2.11. The molecule has 0 spiro atoms. The van der Waals surface area contributed by atoms with Crippen LogP contribution in [0.4, 0.5) is 0 Å². The Morgan fingerprint density at radius 3 is 2.58 bits per heavy atom. The smallest absolute Gasteiger partial charge is 0.0583 e. The van der Waals surface area contributed by atoms with Crippen molar-refractivity contribution in [3.05, 3.63) is 35.4 Å². The number of nitrogens with zero attached hydrogens (tertiary/aromatic N) is 1. The van der Waals surface area contributed by atoms with E-state index in [-0.39, 0.29) is 0 Å². The van der Waals surface area contributed by atoms with Gasteiger partial charge in [0.1, 0.15) is 0 Å². The van der Waals surface area contributed by atoms with Crippen LogP contribution in [0.5, 0.6) is 0 Å². The molecular formula is C16H26N2O. The molecule has 1 saturated heterocycles. The third kappa shape index (κ3) is 4.60. The zero-order valence-corrected chi connectivity index (χ0v) is 12.2.